The number of carbonyl (C=O) groups excluding carboxylic acids is 1. The van der Waals surface area contributed by atoms with Gasteiger partial charge in [-0.15, -0.1) is 0 Å². The van der Waals surface area contributed by atoms with Crippen molar-refractivity contribution in [2.45, 2.75) is 25.7 Å². The Kier molecular flexibility index (Phi) is 4.15. The number of benzene rings is 1. The molecule has 0 bridgehead atoms. The van der Waals surface area contributed by atoms with Crippen LogP contribution in [0.25, 0.3) is 5.69 Å². The normalized spacial score (nSPS) is 20.8. The van der Waals surface area contributed by atoms with Gasteiger partial charge in [0.2, 0.25) is 11.9 Å². The maximum atomic E-state index is 12.4. The summed E-state index contributed by atoms with van der Waals surface area (Å²) in [7, 11) is 0. The number of tetrazole rings is 1. The summed E-state index contributed by atoms with van der Waals surface area (Å²) >= 11 is 0. The van der Waals surface area contributed by atoms with Gasteiger partial charge in [-0.2, -0.15) is 4.68 Å². The average Bonchev–Trinajstić information content (AvgIpc) is 3.34. The highest BCUT2D eigenvalue weighted by molar-refractivity contribution is 5.79. The van der Waals surface area contributed by atoms with Gasteiger partial charge in [0.25, 0.3) is 0 Å². The molecule has 0 spiro atoms. The lowest BCUT2D eigenvalue weighted by Gasteiger charge is -2.32. The Morgan fingerprint density at radius 2 is 2.04 bits per heavy atom. The van der Waals surface area contributed by atoms with Crippen molar-refractivity contribution in [1.82, 2.24) is 25.5 Å². The molecule has 24 heavy (non-hydrogen) atoms. The maximum Gasteiger partial charge on any atom is 0.250 e. The van der Waals surface area contributed by atoms with Crippen molar-refractivity contribution in [3.05, 3.63) is 30.3 Å². The van der Waals surface area contributed by atoms with E-state index >= 15 is 0 Å². The molecule has 1 aliphatic carbocycles. The van der Waals surface area contributed by atoms with E-state index in [-0.39, 0.29) is 11.8 Å². The van der Waals surface area contributed by atoms with E-state index in [2.05, 4.69) is 25.7 Å². The number of hydrogen-bond donors (Lipinski definition) is 1. The summed E-state index contributed by atoms with van der Waals surface area (Å²) in [4.78, 5) is 14.5. The summed E-state index contributed by atoms with van der Waals surface area (Å²) in [6.45, 7) is 2.38. The summed E-state index contributed by atoms with van der Waals surface area (Å²) in [5.74, 6) is 1.60. The number of nitrogens with zero attached hydrogens (tertiary/aromatic N) is 5. The fourth-order valence-corrected chi connectivity index (χ4v) is 3.20. The lowest BCUT2D eigenvalue weighted by molar-refractivity contribution is -0.125. The summed E-state index contributed by atoms with van der Waals surface area (Å²) in [5, 5.41) is 15.2. The zero-order valence-corrected chi connectivity index (χ0v) is 13.6. The van der Waals surface area contributed by atoms with Crippen molar-refractivity contribution in [2.24, 2.45) is 11.8 Å². The van der Waals surface area contributed by atoms with Crippen LogP contribution in [0.15, 0.2) is 30.3 Å². The number of para-hydroxylation sites is 1. The van der Waals surface area contributed by atoms with E-state index in [1.807, 2.05) is 30.3 Å². The third kappa shape index (κ3) is 3.25. The molecule has 0 radical (unpaired) electrons. The van der Waals surface area contributed by atoms with Gasteiger partial charge in [0, 0.05) is 19.6 Å². The molecule has 1 aromatic heterocycles. The predicted molar refractivity (Wildman–Crippen MR) is 89.8 cm³/mol. The Morgan fingerprint density at radius 1 is 1.21 bits per heavy atom. The molecule has 2 aliphatic rings. The van der Waals surface area contributed by atoms with Gasteiger partial charge >= 0.3 is 0 Å². The maximum absolute atomic E-state index is 12.4. The van der Waals surface area contributed by atoms with Crippen molar-refractivity contribution in [2.75, 3.05) is 24.5 Å². The highest BCUT2D eigenvalue weighted by Crippen LogP contribution is 2.28. The summed E-state index contributed by atoms with van der Waals surface area (Å²) in [6.07, 6.45) is 4.41. The smallest absolute Gasteiger partial charge is 0.250 e. The molecule has 1 saturated heterocycles. The number of hydrogen-bond acceptors (Lipinski definition) is 5. The van der Waals surface area contributed by atoms with Crippen LogP contribution in [0.5, 0.6) is 0 Å². The first-order valence-corrected chi connectivity index (χ1v) is 8.68. The van der Waals surface area contributed by atoms with E-state index < -0.39 is 0 Å². The molecule has 1 atom stereocenters. The predicted octanol–water partition coefficient (Wildman–Crippen LogP) is 1.40. The molecule has 2 aromatic rings. The minimum Gasteiger partial charge on any atom is -0.356 e. The molecule has 1 amide bonds. The molecule has 1 aliphatic heterocycles. The molecule has 7 heteroatoms. The summed E-state index contributed by atoms with van der Waals surface area (Å²) in [5.41, 5.74) is 0.929. The van der Waals surface area contributed by atoms with E-state index in [4.69, 9.17) is 0 Å². The van der Waals surface area contributed by atoms with E-state index in [0.717, 1.165) is 31.6 Å². The fraction of sp³-hybridized carbons (Fsp3) is 0.529. The van der Waals surface area contributed by atoms with Crippen LogP contribution in [-0.4, -0.2) is 45.7 Å². The molecule has 1 aromatic carbocycles. The van der Waals surface area contributed by atoms with Gasteiger partial charge in [-0.3, -0.25) is 4.79 Å². The van der Waals surface area contributed by atoms with Crippen LogP contribution in [0.1, 0.15) is 25.7 Å². The molecule has 0 unspecified atom stereocenters. The monoisotopic (exact) mass is 326 g/mol. The minimum absolute atomic E-state index is 0.0124. The molecule has 2 fully saturated rings. The first-order valence-electron chi connectivity index (χ1n) is 8.68. The van der Waals surface area contributed by atoms with E-state index in [0.29, 0.717) is 18.4 Å². The SMILES string of the molecule is O=C(NCC1CC1)[C@H]1CCCN(c2nnnn2-c2ccccc2)C1. The summed E-state index contributed by atoms with van der Waals surface area (Å²) in [6, 6.07) is 9.85. The molecule has 1 saturated carbocycles. The van der Waals surface area contributed by atoms with Crippen LogP contribution in [0.4, 0.5) is 5.95 Å². The number of amides is 1. The van der Waals surface area contributed by atoms with Crippen LogP contribution in [0.2, 0.25) is 0 Å². The zero-order chi connectivity index (χ0) is 16.4. The number of nitrogens with one attached hydrogen (secondary N) is 1. The highest BCUT2D eigenvalue weighted by Gasteiger charge is 2.30. The quantitative estimate of drug-likeness (QED) is 0.899. The standard InChI is InChI=1S/C17H22N6O/c24-16(18-11-13-8-9-13)14-5-4-10-22(12-14)17-19-20-21-23(17)15-6-2-1-3-7-15/h1-3,6-7,13-14H,4-5,8-12H2,(H,18,24)/t14-/m0/s1. The number of rotatable bonds is 5. The first kappa shape index (κ1) is 15.1. The lowest BCUT2D eigenvalue weighted by Crippen LogP contribution is -2.44. The van der Waals surface area contributed by atoms with Crippen molar-refractivity contribution in [1.29, 1.82) is 0 Å². The van der Waals surface area contributed by atoms with Gasteiger partial charge in [-0.25, -0.2) is 0 Å². The largest absolute Gasteiger partial charge is 0.356 e. The number of carbonyl (C=O) groups is 1. The van der Waals surface area contributed by atoms with Crippen LogP contribution in [-0.2, 0) is 4.79 Å². The lowest BCUT2D eigenvalue weighted by atomic mass is 9.97. The number of piperidine rings is 1. The molecule has 2 heterocycles. The van der Waals surface area contributed by atoms with Crippen LogP contribution < -0.4 is 10.2 Å². The Hall–Kier alpha value is -2.44. The Bertz CT molecular complexity index is 696. The minimum atomic E-state index is 0.0124. The van der Waals surface area contributed by atoms with Crippen molar-refractivity contribution < 1.29 is 4.79 Å². The summed E-state index contributed by atoms with van der Waals surface area (Å²) < 4.78 is 1.74. The Labute approximate surface area is 141 Å². The number of anilines is 1. The van der Waals surface area contributed by atoms with Crippen LogP contribution in [0, 0.1) is 11.8 Å². The van der Waals surface area contributed by atoms with E-state index in [1.54, 1.807) is 4.68 Å². The van der Waals surface area contributed by atoms with Crippen molar-refractivity contribution in [3.63, 3.8) is 0 Å². The molecule has 4 rings (SSSR count). The molecule has 1 N–H and O–H groups in total. The third-order valence-electron chi connectivity index (χ3n) is 4.79. The van der Waals surface area contributed by atoms with Gasteiger partial charge in [-0.05, 0) is 54.2 Å². The van der Waals surface area contributed by atoms with E-state index in [9.17, 15) is 4.79 Å². The fourth-order valence-electron chi connectivity index (χ4n) is 3.20. The first-order chi connectivity index (χ1) is 11.8. The average molecular weight is 326 g/mol. The second-order valence-electron chi connectivity index (χ2n) is 6.70. The highest BCUT2D eigenvalue weighted by atomic mass is 16.1. The van der Waals surface area contributed by atoms with Crippen molar-refractivity contribution in [3.8, 4) is 5.69 Å². The second kappa shape index (κ2) is 6.59. The van der Waals surface area contributed by atoms with E-state index in [1.165, 1.54) is 12.8 Å². The van der Waals surface area contributed by atoms with Gasteiger partial charge in [0.15, 0.2) is 0 Å². The number of aromatic nitrogens is 4. The zero-order valence-electron chi connectivity index (χ0n) is 13.6. The molecule has 7 nitrogen and oxygen atoms in total. The second-order valence-corrected chi connectivity index (χ2v) is 6.70. The molecule has 126 valence electrons. The Balaban J connectivity index is 1.46. The van der Waals surface area contributed by atoms with Gasteiger partial charge in [0.1, 0.15) is 0 Å². The molecular formula is C17H22N6O. The van der Waals surface area contributed by atoms with Crippen molar-refractivity contribution >= 4 is 11.9 Å². The van der Waals surface area contributed by atoms with Gasteiger partial charge in [-0.1, -0.05) is 23.3 Å². The Morgan fingerprint density at radius 3 is 2.83 bits per heavy atom. The van der Waals surface area contributed by atoms with Crippen LogP contribution in [0.3, 0.4) is 0 Å². The topological polar surface area (TPSA) is 75.9 Å². The third-order valence-corrected chi connectivity index (χ3v) is 4.79. The molecular weight excluding hydrogens is 304 g/mol. The van der Waals surface area contributed by atoms with Gasteiger partial charge in [0.05, 0.1) is 11.6 Å². The van der Waals surface area contributed by atoms with Crippen LogP contribution >= 0.6 is 0 Å². The van der Waals surface area contributed by atoms with Gasteiger partial charge < -0.3 is 10.2 Å².